The maximum atomic E-state index is 9.19. The van der Waals surface area contributed by atoms with Crippen LogP contribution in [0.5, 0.6) is 0 Å². The minimum atomic E-state index is 0.537. The monoisotopic (exact) mass is 326 g/mol. The fourth-order valence-electron chi connectivity index (χ4n) is 2.34. The van der Waals surface area contributed by atoms with Crippen molar-refractivity contribution in [2.45, 2.75) is 6.92 Å². The molecule has 1 heterocycles. The number of nitrogens with one attached hydrogen (secondary N) is 2. The van der Waals surface area contributed by atoms with Crippen LogP contribution in [0.15, 0.2) is 54.6 Å². The van der Waals surface area contributed by atoms with Crippen LogP contribution >= 0.6 is 0 Å². The molecule has 1 aromatic heterocycles. The minimum absolute atomic E-state index is 0.537. The van der Waals surface area contributed by atoms with E-state index in [0.717, 1.165) is 5.69 Å². The molecule has 0 spiro atoms. The summed E-state index contributed by atoms with van der Waals surface area (Å²) in [6.07, 6.45) is 0. The SMILES string of the molecule is Cc1nc(Nc2cccc(C#N)c2)cc(Nc2ccccc2C#N)n1. The molecule has 0 atom stereocenters. The van der Waals surface area contributed by atoms with E-state index in [-0.39, 0.29) is 0 Å². The Kier molecular flexibility index (Phi) is 4.55. The van der Waals surface area contributed by atoms with E-state index in [1.807, 2.05) is 24.3 Å². The van der Waals surface area contributed by atoms with Gasteiger partial charge in [0.25, 0.3) is 0 Å². The Morgan fingerprint density at radius 1 is 0.840 bits per heavy atom. The number of para-hydroxylation sites is 1. The van der Waals surface area contributed by atoms with E-state index in [1.165, 1.54) is 0 Å². The Balaban J connectivity index is 1.88. The molecule has 0 radical (unpaired) electrons. The molecule has 25 heavy (non-hydrogen) atoms. The number of rotatable bonds is 4. The third-order valence-electron chi connectivity index (χ3n) is 3.41. The summed E-state index contributed by atoms with van der Waals surface area (Å²) in [5.41, 5.74) is 2.55. The molecule has 0 saturated carbocycles. The van der Waals surface area contributed by atoms with Gasteiger partial charge in [0.1, 0.15) is 23.5 Å². The highest BCUT2D eigenvalue weighted by Crippen LogP contribution is 2.22. The van der Waals surface area contributed by atoms with Gasteiger partial charge >= 0.3 is 0 Å². The van der Waals surface area contributed by atoms with Crippen LogP contribution in [0.3, 0.4) is 0 Å². The number of nitrogens with zero attached hydrogens (tertiary/aromatic N) is 4. The van der Waals surface area contributed by atoms with Gasteiger partial charge in [0, 0.05) is 11.8 Å². The molecule has 0 fully saturated rings. The maximum Gasteiger partial charge on any atom is 0.136 e. The molecule has 0 amide bonds. The number of anilines is 4. The standard InChI is InChI=1S/C19H14N6/c1-13-22-18(24-16-7-4-5-14(9-16)11-20)10-19(23-13)25-17-8-3-2-6-15(17)12-21/h2-10H,1H3,(H2,22,23,24,25). The Hall–Kier alpha value is -3.90. The lowest BCUT2D eigenvalue weighted by molar-refractivity contribution is 1.06. The molecule has 120 valence electrons. The highest BCUT2D eigenvalue weighted by molar-refractivity contribution is 5.67. The summed E-state index contributed by atoms with van der Waals surface area (Å²) < 4.78 is 0. The van der Waals surface area contributed by atoms with Crippen molar-refractivity contribution in [2.24, 2.45) is 0 Å². The fourth-order valence-corrected chi connectivity index (χ4v) is 2.34. The summed E-state index contributed by atoms with van der Waals surface area (Å²) in [7, 11) is 0. The molecule has 2 N–H and O–H groups in total. The molecular weight excluding hydrogens is 312 g/mol. The van der Waals surface area contributed by atoms with Gasteiger partial charge in [-0.2, -0.15) is 10.5 Å². The van der Waals surface area contributed by atoms with Crippen molar-refractivity contribution in [3.63, 3.8) is 0 Å². The lowest BCUT2D eigenvalue weighted by atomic mass is 10.2. The molecule has 0 aliphatic carbocycles. The normalized spacial score (nSPS) is 9.72. The number of hydrogen-bond donors (Lipinski definition) is 2. The number of hydrogen-bond acceptors (Lipinski definition) is 6. The summed E-state index contributed by atoms with van der Waals surface area (Å²) in [6, 6.07) is 20.4. The lowest BCUT2D eigenvalue weighted by Gasteiger charge is -2.11. The first-order chi connectivity index (χ1) is 12.2. The zero-order valence-electron chi connectivity index (χ0n) is 13.5. The van der Waals surface area contributed by atoms with Crippen molar-refractivity contribution in [1.82, 2.24) is 9.97 Å². The van der Waals surface area contributed by atoms with Crippen molar-refractivity contribution < 1.29 is 0 Å². The second kappa shape index (κ2) is 7.12. The molecule has 0 aliphatic heterocycles. The number of nitriles is 2. The number of aromatic nitrogens is 2. The van der Waals surface area contributed by atoms with Gasteiger partial charge in [0.05, 0.1) is 22.9 Å². The third-order valence-corrected chi connectivity index (χ3v) is 3.41. The van der Waals surface area contributed by atoms with Crippen LogP contribution in [0.1, 0.15) is 17.0 Å². The Bertz CT molecular complexity index is 997. The van der Waals surface area contributed by atoms with Gasteiger partial charge in [-0.1, -0.05) is 18.2 Å². The summed E-state index contributed by atoms with van der Waals surface area (Å²) >= 11 is 0. The van der Waals surface area contributed by atoms with Crippen LogP contribution in [0.4, 0.5) is 23.0 Å². The topological polar surface area (TPSA) is 97.4 Å². The molecule has 2 aromatic carbocycles. The molecule has 0 aliphatic rings. The van der Waals surface area contributed by atoms with Gasteiger partial charge in [-0.25, -0.2) is 9.97 Å². The van der Waals surface area contributed by atoms with Crippen molar-refractivity contribution in [1.29, 1.82) is 10.5 Å². The van der Waals surface area contributed by atoms with Gasteiger partial charge < -0.3 is 10.6 Å². The minimum Gasteiger partial charge on any atom is -0.340 e. The second-order valence-electron chi connectivity index (χ2n) is 5.29. The Morgan fingerprint density at radius 3 is 2.36 bits per heavy atom. The van der Waals surface area contributed by atoms with E-state index < -0.39 is 0 Å². The summed E-state index contributed by atoms with van der Waals surface area (Å²) in [5, 5.41) is 24.5. The highest BCUT2D eigenvalue weighted by atomic mass is 15.1. The molecule has 0 unspecified atom stereocenters. The quantitative estimate of drug-likeness (QED) is 0.751. The maximum absolute atomic E-state index is 9.19. The first kappa shape index (κ1) is 16.0. The van der Waals surface area contributed by atoms with E-state index >= 15 is 0 Å². The zero-order chi connectivity index (χ0) is 17.6. The molecule has 6 heteroatoms. The Labute approximate surface area is 145 Å². The van der Waals surface area contributed by atoms with Gasteiger partial charge in [-0.15, -0.1) is 0 Å². The predicted octanol–water partition coefficient (Wildman–Crippen LogP) is 4.02. The number of benzene rings is 2. The van der Waals surface area contributed by atoms with Crippen LogP contribution in [0, 0.1) is 29.6 Å². The average molecular weight is 326 g/mol. The summed E-state index contributed by atoms with van der Waals surface area (Å²) in [5.74, 6) is 1.76. The van der Waals surface area contributed by atoms with Crippen molar-refractivity contribution in [3.8, 4) is 12.1 Å². The second-order valence-corrected chi connectivity index (χ2v) is 5.29. The highest BCUT2D eigenvalue weighted by Gasteiger charge is 2.06. The third kappa shape index (κ3) is 3.90. The summed E-state index contributed by atoms with van der Waals surface area (Å²) in [4.78, 5) is 8.71. The zero-order valence-corrected chi connectivity index (χ0v) is 13.5. The van der Waals surface area contributed by atoms with E-state index in [0.29, 0.717) is 34.3 Å². The average Bonchev–Trinajstić information content (AvgIpc) is 2.62. The Morgan fingerprint density at radius 2 is 1.60 bits per heavy atom. The van der Waals surface area contributed by atoms with Gasteiger partial charge in [0.15, 0.2) is 0 Å². The predicted molar refractivity (Wildman–Crippen MR) is 95.6 cm³/mol. The van der Waals surface area contributed by atoms with Crippen LogP contribution in [-0.4, -0.2) is 9.97 Å². The fraction of sp³-hybridized carbons (Fsp3) is 0.0526. The molecule has 0 bridgehead atoms. The van der Waals surface area contributed by atoms with E-state index in [2.05, 4.69) is 32.7 Å². The van der Waals surface area contributed by atoms with Crippen LogP contribution in [0.25, 0.3) is 0 Å². The van der Waals surface area contributed by atoms with Gasteiger partial charge in [-0.05, 0) is 37.3 Å². The molecular formula is C19H14N6. The van der Waals surface area contributed by atoms with E-state index in [4.69, 9.17) is 5.26 Å². The largest absolute Gasteiger partial charge is 0.340 e. The van der Waals surface area contributed by atoms with Crippen LogP contribution in [-0.2, 0) is 0 Å². The molecule has 3 rings (SSSR count). The summed E-state index contributed by atoms with van der Waals surface area (Å²) in [6.45, 7) is 1.79. The lowest BCUT2D eigenvalue weighted by Crippen LogP contribution is -2.02. The van der Waals surface area contributed by atoms with Crippen molar-refractivity contribution >= 4 is 23.0 Å². The van der Waals surface area contributed by atoms with Gasteiger partial charge in [0.2, 0.25) is 0 Å². The molecule has 0 saturated heterocycles. The van der Waals surface area contributed by atoms with Crippen LogP contribution in [0.2, 0.25) is 0 Å². The van der Waals surface area contributed by atoms with E-state index in [1.54, 1.807) is 37.3 Å². The van der Waals surface area contributed by atoms with Crippen LogP contribution < -0.4 is 10.6 Å². The van der Waals surface area contributed by atoms with Crippen molar-refractivity contribution in [3.05, 3.63) is 71.5 Å². The molecule has 6 nitrogen and oxygen atoms in total. The number of aryl methyl sites for hydroxylation is 1. The first-order valence-corrected chi connectivity index (χ1v) is 7.57. The van der Waals surface area contributed by atoms with Gasteiger partial charge in [-0.3, -0.25) is 0 Å². The first-order valence-electron chi connectivity index (χ1n) is 7.57. The smallest absolute Gasteiger partial charge is 0.136 e. The van der Waals surface area contributed by atoms with E-state index in [9.17, 15) is 5.26 Å². The molecule has 3 aromatic rings. The van der Waals surface area contributed by atoms with Crippen molar-refractivity contribution in [2.75, 3.05) is 10.6 Å².